The summed E-state index contributed by atoms with van der Waals surface area (Å²) < 4.78 is 0. The third-order valence-corrected chi connectivity index (χ3v) is 3.75. The Kier molecular flexibility index (Phi) is 6.78. The van der Waals surface area contributed by atoms with Crippen LogP contribution in [0.2, 0.25) is 0 Å². The van der Waals surface area contributed by atoms with Gasteiger partial charge in [0.2, 0.25) is 0 Å². The van der Waals surface area contributed by atoms with Gasteiger partial charge in [0.05, 0.1) is 5.56 Å². The molecule has 1 aromatic carbocycles. The summed E-state index contributed by atoms with van der Waals surface area (Å²) in [6, 6.07) is 5.63. The summed E-state index contributed by atoms with van der Waals surface area (Å²) >= 11 is 1.57. The van der Waals surface area contributed by atoms with Crippen LogP contribution >= 0.6 is 11.8 Å². The standard InChI is InChI=1S/C15H23NO2S/c1-4-19-13-9-5-8-12(14(13)15(17)18)16-10-6-7-11(2)3/h5,8-9,11,16H,4,6-7,10H2,1-3H3,(H,17,18). The van der Waals surface area contributed by atoms with Gasteiger partial charge in [0, 0.05) is 17.1 Å². The number of carboxylic acids is 1. The van der Waals surface area contributed by atoms with E-state index in [1.807, 2.05) is 25.1 Å². The lowest BCUT2D eigenvalue weighted by Gasteiger charge is -2.13. The van der Waals surface area contributed by atoms with E-state index in [0.717, 1.165) is 35.7 Å². The minimum atomic E-state index is -0.858. The molecule has 1 rings (SSSR count). The lowest BCUT2D eigenvalue weighted by molar-refractivity contribution is 0.0694. The van der Waals surface area contributed by atoms with Crippen molar-refractivity contribution >= 4 is 23.4 Å². The molecule has 0 heterocycles. The number of hydrogen-bond acceptors (Lipinski definition) is 3. The average molecular weight is 281 g/mol. The molecule has 1 aromatic rings. The molecule has 2 N–H and O–H groups in total. The maximum Gasteiger partial charge on any atom is 0.338 e. The van der Waals surface area contributed by atoms with Crippen LogP contribution in [0.25, 0.3) is 0 Å². The maximum atomic E-state index is 11.4. The zero-order valence-electron chi connectivity index (χ0n) is 11.9. The van der Waals surface area contributed by atoms with Gasteiger partial charge in [-0.25, -0.2) is 4.79 Å². The molecule has 0 unspecified atom stereocenters. The minimum absolute atomic E-state index is 0.402. The van der Waals surface area contributed by atoms with Crippen molar-refractivity contribution in [3.8, 4) is 0 Å². The molecule has 0 spiro atoms. The van der Waals surface area contributed by atoms with E-state index >= 15 is 0 Å². The summed E-state index contributed by atoms with van der Waals surface area (Å²) in [6.07, 6.45) is 2.21. The maximum absolute atomic E-state index is 11.4. The summed E-state index contributed by atoms with van der Waals surface area (Å²) in [5.74, 6) is 0.697. The second-order valence-corrected chi connectivity index (χ2v) is 6.19. The van der Waals surface area contributed by atoms with Crippen LogP contribution in [0.5, 0.6) is 0 Å². The van der Waals surface area contributed by atoms with Gasteiger partial charge in [0.1, 0.15) is 0 Å². The Labute approximate surface area is 119 Å². The van der Waals surface area contributed by atoms with E-state index in [9.17, 15) is 9.90 Å². The molecule has 0 aromatic heterocycles. The van der Waals surface area contributed by atoms with E-state index in [2.05, 4.69) is 19.2 Å². The molecule has 0 aliphatic carbocycles. The van der Waals surface area contributed by atoms with E-state index in [1.165, 1.54) is 0 Å². The lowest BCUT2D eigenvalue weighted by atomic mass is 10.1. The van der Waals surface area contributed by atoms with Crippen LogP contribution in [0.4, 0.5) is 5.69 Å². The molecule has 0 aliphatic heterocycles. The highest BCUT2D eigenvalue weighted by atomic mass is 32.2. The minimum Gasteiger partial charge on any atom is -0.478 e. The Hall–Kier alpha value is -1.16. The topological polar surface area (TPSA) is 49.3 Å². The molecule has 4 heteroatoms. The number of thioether (sulfide) groups is 1. The first-order valence-electron chi connectivity index (χ1n) is 6.79. The van der Waals surface area contributed by atoms with Crippen LogP contribution in [0.1, 0.15) is 44.0 Å². The van der Waals surface area contributed by atoms with E-state index < -0.39 is 5.97 Å². The van der Waals surface area contributed by atoms with Gasteiger partial charge in [0.15, 0.2) is 0 Å². The average Bonchev–Trinajstić information content (AvgIpc) is 2.34. The number of nitrogens with one attached hydrogen (secondary N) is 1. The fourth-order valence-electron chi connectivity index (χ4n) is 1.91. The Balaban J connectivity index is 2.76. The molecular formula is C15H23NO2S. The first-order valence-corrected chi connectivity index (χ1v) is 7.77. The highest BCUT2D eigenvalue weighted by Crippen LogP contribution is 2.28. The van der Waals surface area contributed by atoms with E-state index in [0.29, 0.717) is 11.5 Å². The van der Waals surface area contributed by atoms with Crippen molar-refractivity contribution in [1.29, 1.82) is 0 Å². The van der Waals surface area contributed by atoms with E-state index in [-0.39, 0.29) is 0 Å². The van der Waals surface area contributed by atoms with Crippen LogP contribution < -0.4 is 5.32 Å². The Morgan fingerprint density at radius 1 is 1.42 bits per heavy atom. The van der Waals surface area contributed by atoms with Crippen LogP contribution in [-0.4, -0.2) is 23.4 Å². The highest BCUT2D eigenvalue weighted by molar-refractivity contribution is 7.99. The number of carbonyl (C=O) groups is 1. The SMILES string of the molecule is CCSc1cccc(NCCCC(C)C)c1C(=O)O. The number of anilines is 1. The van der Waals surface area contributed by atoms with Gasteiger partial charge in [-0.3, -0.25) is 0 Å². The van der Waals surface area contributed by atoms with Gasteiger partial charge < -0.3 is 10.4 Å². The summed E-state index contributed by atoms with van der Waals surface area (Å²) in [4.78, 5) is 12.2. The van der Waals surface area contributed by atoms with Crippen LogP contribution in [0.3, 0.4) is 0 Å². The summed E-state index contributed by atoms with van der Waals surface area (Å²) in [5.41, 5.74) is 1.13. The van der Waals surface area contributed by atoms with Crippen molar-refractivity contribution in [3.05, 3.63) is 23.8 Å². The number of hydrogen-bond donors (Lipinski definition) is 2. The summed E-state index contributed by atoms with van der Waals surface area (Å²) in [5, 5.41) is 12.6. The lowest BCUT2D eigenvalue weighted by Crippen LogP contribution is -2.09. The number of rotatable bonds is 8. The largest absolute Gasteiger partial charge is 0.478 e. The molecule has 0 bridgehead atoms. The normalized spacial score (nSPS) is 10.7. The molecule has 0 aliphatic rings. The molecule has 0 saturated heterocycles. The zero-order valence-corrected chi connectivity index (χ0v) is 12.7. The van der Waals surface area contributed by atoms with Crippen molar-refractivity contribution in [1.82, 2.24) is 0 Å². The van der Waals surface area contributed by atoms with E-state index in [1.54, 1.807) is 11.8 Å². The predicted octanol–water partition coefficient (Wildman–Crippen LogP) is 4.34. The highest BCUT2D eigenvalue weighted by Gasteiger charge is 2.15. The molecule has 0 saturated carbocycles. The molecule has 19 heavy (non-hydrogen) atoms. The summed E-state index contributed by atoms with van der Waals surface area (Å²) in [7, 11) is 0. The molecule has 3 nitrogen and oxygen atoms in total. The fraction of sp³-hybridized carbons (Fsp3) is 0.533. The second-order valence-electron chi connectivity index (χ2n) is 4.88. The van der Waals surface area contributed by atoms with Gasteiger partial charge >= 0.3 is 5.97 Å². The molecular weight excluding hydrogens is 258 g/mol. The van der Waals surface area contributed by atoms with Crippen molar-refractivity contribution in [3.63, 3.8) is 0 Å². The van der Waals surface area contributed by atoms with Crippen LogP contribution in [0, 0.1) is 5.92 Å². The number of carboxylic acid groups (broad SMARTS) is 1. The molecule has 0 amide bonds. The molecule has 0 radical (unpaired) electrons. The van der Waals surface area contributed by atoms with Gasteiger partial charge in [-0.05, 0) is 36.6 Å². The summed E-state index contributed by atoms with van der Waals surface area (Å²) in [6.45, 7) is 7.24. The van der Waals surface area contributed by atoms with Crippen molar-refractivity contribution in [2.75, 3.05) is 17.6 Å². The third-order valence-electron chi connectivity index (χ3n) is 2.81. The van der Waals surface area contributed by atoms with Gasteiger partial charge in [-0.15, -0.1) is 11.8 Å². The Morgan fingerprint density at radius 3 is 2.74 bits per heavy atom. The van der Waals surface area contributed by atoms with Crippen molar-refractivity contribution in [2.24, 2.45) is 5.92 Å². The first kappa shape index (κ1) is 15.9. The Bertz CT molecular complexity index is 419. The quantitative estimate of drug-likeness (QED) is 0.549. The van der Waals surface area contributed by atoms with Crippen molar-refractivity contribution < 1.29 is 9.90 Å². The molecule has 0 fully saturated rings. The number of aromatic carboxylic acids is 1. The van der Waals surface area contributed by atoms with Gasteiger partial charge in [-0.2, -0.15) is 0 Å². The van der Waals surface area contributed by atoms with E-state index in [4.69, 9.17) is 0 Å². The molecule has 106 valence electrons. The predicted molar refractivity (Wildman–Crippen MR) is 82.4 cm³/mol. The van der Waals surface area contributed by atoms with Gasteiger partial charge in [-0.1, -0.05) is 26.8 Å². The first-order chi connectivity index (χ1) is 9.06. The monoisotopic (exact) mass is 281 g/mol. The smallest absolute Gasteiger partial charge is 0.338 e. The van der Waals surface area contributed by atoms with Crippen LogP contribution in [-0.2, 0) is 0 Å². The third kappa shape index (κ3) is 5.15. The number of benzene rings is 1. The zero-order chi connectivity index (χ0) is 14.3. The van der Waals surface area contributed by atoms with Crippen molar-refractivity contribution in [2.45, 2.75) is 38.5 Å². The van der Waals surface area contributed by atoms with Gasteiger partial charge in [0.25, 0.3) is 0 Å². The second kappa shape index (κ2) is 8.10. The Morgan fingerprint density at radius 2 is 2.16 bits per heavy atom. The van der Waals surface area contributed by atoms with Crippen LogP contribution in [0.15, 0.2) is 23.1 Å². The molecule has 0 atom stereocenters. The fourth-order valence-corrected chi connectivity index (χ4v) is 2.74.